The number of primary amides is 1. The lowest BCUT2D eigenvalue weighted by molar-refractivity contribution is -0.141. The van der Waals surface area contributed by atoms with Crippen molar-refractivity contribution in [2.45, 2.75) is 71.6 Å². The molecule has 1 aliphatic rings. The van der Waals surface area contributed by atoms with E-state index < -0.39 is 11.8 Å². The first-order valence-corrected chi connectivity index (χ1v) is 9.42. The highest BCUT2D eigenvalue weighted by molar-refractivity contribution is 5.79. The fraction of sp³-hybridized carbons (Fsp3) is 0.895. The summed E-state index contributed by atoms with van der Waals surface area (Å²) in [6.07, 6.45) is 2.71. The van der Waals surface area contributed by atoms with Gasteiger partial charge in [-0.15, -0.1) is 0 Å². The lowest BCUT2D eigenvalue weighted by Crippen LogP contribution is -2.49. The van der Waals surface area contributed by atoms with Gasteiger partial charge in [0.1, 0.15) is 0 Å². The molecule has 0 spiro atoms. The zero-order valence-electron chi connectivity index (χ0n) is 16.7. The molecule has 1 fully saturated rings. The molecule has 146 valence electrons. The summed E-state index contributed by atoms with van der Waals surface area (Å²) in [6, 6.07) is -0.101. The van der Waals surface area contributed by atoms with Crippen molar-refractivity contribution < 1.29 is 19.1 Å². The molecule has 1 aliphatic heterocycles. The summed E-state index contributed by atoms with van der Waals surface area (Å²) in [5, 5.41) is 0. The van der Waals surface area contributed by atoms with Crippen molar-refractivity contribution in [2.24, 2.45) is 23.5 Å². The Kier molecular flexibility index (Phi) is 8.86. The first-order valence-electron chi connectivity index (χ1n) is 9.42. The van der Waals surface area contributed by atoms with Gasteiger partial charge in [-0.3, -0.25) is 9.59 Å². The number of amides is 2. The van der Waals surface area contributed by atoms with Gasteiger partial charge in [-0.1, -0.05) is 34.1 Å². The maximum Gasteiger partial charge on any atom is 0.225 e. The Bertz CT molecular complexity index is 443. The number of nitrogens with two attached hydrogens (primary N) is 1. The molecule has 25 heavy (non-hydrogen) atoms. The number of carbonyl (C=O) groups is 2. The molecule has 0 radical (unpaired) electrons. The van der Waals surface area contributed by atoms with Crippen molar-refractivity contribution in [2.75, 3.05) is 20.8 Å². The molecule has 0 aromatic rings. The molecule has 0 unspecified atom stereocenters. The first kappa shape index (κ1) is 21.9. The van der Waals surface area contributed by atoms with E-state index in [-0.39, 0.29) is 24.2 Å². The maximum absolute atomic E-state index is 12.9. The molecular formula is C19H36N2O4. The van der Waals surface area contributed by atoms with Crippen molar-refractivity contribution in [1.82, 2.24) is 4.90 Å². The number of nitrogens with zero attached hydrogens (tertiary/aromatic N) is 1. The number of hydrogen-bond acceptors (Lipinski definition) is 4. The minimum absolute atomic E-state index is 0.0724. The van der Waals surface area contributed by atoms with Crippen LogP contribution < -0.4 is 5.73 Å². The van der Waals surface area contributed by atoms with Crippen molar-refractivity contribution in [3.63, 3.8) is 0 Å². The largest absolute Gasteiger partial charge is 0.381 e. The highest BCUT2D eigenvalue weighted by Gasteiger charge is 2.40. The molecule has 0 aromatic heterocycles. The standard InChI is InChI=1S/C19H36N2O4/c1-7-12(2)13(3)16(24-5)11-17(22)21-10-8-9-15(21)18(25-6)14(4)19(20)23/h12-16,18H,7-11H2,1-6H3,(H2,20,23)/t12-,13-,14+,15-,16+,18+/m0/s1. The van der Waals surface area contributed by atoms with E-state index in [1.54, 1.807) is 21.1 Å². The van der Waals surface area contributed by atoms with E-state index in [1.807, 2.05) is 4.90 Å². The van der Waals surface area contributed by atoms with Crippen LogP contribution in [0.25, 0.3) is 0 Å². The summed E-state index contributed by atoms with van der Waals surface area (Å²) >= 11 is 0. The van der Waals surface area contributed by atoms with E-state index in [2.05, 4.69) is 20.8 Å². The third-order valence-corrected chi connectivity index (χ3v) is 6.02. The van der Waals surface area contributed by atoms with Crippen LogP contribution in [-0.4, -0.2) is 55.7 Å². The predicted molar refractivity (Wildman–Crippen MR) is 97.9 cm³/mol. The third-order valence-electron chi connectivity index (χ3n) is 6.02. The van der Waals surface area contributed by atoms with Crippen LogP contribution in [0.1, 0.15) is 53.4 Å². The van der Waals surface area contributed by atoms with Gasteiger partial charge in [-0.05, 0) is 24.7 Å². The molecule has 1 rings (SSSR count). The van der Waals surface area contributed by atoms with Crippen LogP contribution in [0.15, 0.2) is 0 Å². The summed E-state index contributed by atoms with van der Waals surface area (Å²) in [7, 11) is 3.25. The Labute approximate surface area is 152 Å². The lowest BCUT2D eigenvalue weighted by Gasteiger charge is -2.35. The number of ether oxygens (including phenoxy) is 2. The molecule has 0 saturated carbocycles. The highest BCUT2D eigenvalue weighted by atomic mass is 16.5. The van der Waals surface area contributed by atoms with Crippen molar-refractivity contribution in [1.29, 1.82) is 0 Å². The Morgan fingerprint density at radius 2 is 1.84 bits per heavy atom. The SMILES string of the molecule is CC[C@H](C)[C@H](C)[C@@H](CC(=O)N1CCC[C@H]1[C@H](OC)[C@@H](C)C(N)=O)OC. The van der Waals surface area contributed by atoms with E-state index >= 15 is 0 Å². The molecule has 2 amide bonds. The predicted octanol–water partition coefficient (Wildman–Crippen LogP) is 2.20. The van der Waals surface area contributed by atoms with E-state index in [4.69, 9.17) is 15.2 Å². The van der Waals surface area contributed by atoms with Crippen LogP contribution >= 0.6 is 0 Å². The Morgan fingerprint density at radius 3 is 2.32 bits per heavy atom. The van der Waals surface area contributed by atoms with E-state index in [9.17, 15) is 9.59 Å². The Morgan fingerprint density at radius 1 is 1.20 bits per heavy atom. The summed E-state index contributed by atoms with van der Waals surface area (Å²) < 4.78 is 11.2. The van der Waals surface area contributed by atoms with E-state index in [1.165, 1.54) is 0 Å². The van der Waals surface area contributed by atoms with Gasteiger partial charge in [0.15, 0.2) is 0 Å². The second kappa shape index (κ2) is 10.1. The van der Waals surface area contributed by atoms with Crippen LogP contribution in [0.5, 0.6) is 0 Å². The van der Waals surface area contributed by atoms with E-state index in [0.29, 0.717) is 24.8 Å². The van der Waals surface area contributed by atoms with E-state index in [0.717, 1.165) is 19.3 Å². The zero-order chi connectivity index (χ0) is 19.1. The number of methoxy groups -OCH3 is 2. The molecular weight excluding hydrogens is 320 g/mol. The van der Waals surface area contributed by atoms with Gasteiger partial charge in [0.05, 0.1) is 30.6 Å². The van der Waals surface area contributed by atoms with Crippen LogP contribution in [-0.2, 0) is 19.1 Å². The molecule has 6 nitrogen and oxygen atoms in total. The number of carbonyl (C=O) groups excluding carboxylic acids is 2. The molecule has 6 atom stereocenters. The summed E-state index contributed by atoms with van der Waals surface area (Å²) in [6.45, 7) is 8.95. The van der Waals surface area contributed by atoms with Crippen LogP contribution in [0.2, 0.25) is 0 Å². The van der Waals surface area contributed by atoms with Gasteiger partial charge in [0.25, 0.3) is 0 Å². The molecule has 1 saturated heterocycles. The number of likely N-dealkylation sites (tertiary alicyclic amines) is 1. The minimum Gasteiger partial charge on any atom is -0.381 e. The molecule has 0 aliphatic carbocycles. The normalized spacial score (nSPS) is 23.8. The van der Waals surface area contributed by atoms with Crippen molar-refractivity contribution >= 4 is 11.8 Å². The molecule has 6 heteroatoms. The average molecular weight is 357 g/mol. The van der Waals surface area contributed by atoms with Crippen molar-refractivity contribution in [3.8, 4) is 0 Å². The van der Waals surface area contributed by atoms with Crippen LogP contribution in [0.4, 0.5) is 0 Å². The van der Waals surface area contributed by atoms with Gasteiger partial charge < -0.3 is 20.1 Å². The lowest BCUT2D eigenvalue weighted by atomic mass is 9.87. The molecule has 0 aromatic carbocycles. The topological polar surface area (TPSA) is 81.9 Å². The number of rotatable bonds is 10. The van der Waals surface area contributed by atoms with Gasteiger partial charge in [0.2, 0.25) is 11.8 Å². The summed E-state index contributed by atoms with van der Waals surface area (Å²) in [5.74, 6) is 0.0479. The second-order valence-corrected chi connectivity index (χ2v) is 7.41. The van der Waals surface area contributed by atoms with Crippen molar-refractivity contribution in [3.05, 3.63) is 0 Å². The zero-order valence-corrected chi connectivity index (χ0v) is 16.7. The maximum atomic E-state index is 12.9. The van der Waals surface area contributed by atoms with Gasteiger partial charge in [0, 0.05) is 20.8 Å². The molecule has 0 bridgehead atoms. The summed E-state index contributed by atoms with van der Waals surface area (Å²) in [5.41, 5.74) is 5.45. The highest BCUT2D eigenvalue weighted by Crippen LogP contribution is 2.29. The quantitative estimate of drug-likeness (QED) is 0.650. The van der Waals surface area contributed by atoms with Gasteiger partial charge in [-0.2, -0.15) is 0 Å². The summed E-state index contributed by atoms with van der Waals surface area (Å²) in [4.78, 5) is 26.4. The van der Waals surface area contributed by atoms with Crippen LogP contribution in [0, 0.1) is 17.8 Å². The molecule has 2 N–H and O–H groups in total. The third kappa shape index (κ3) is 5.42. The minimum atomic E-state index is -0.430. The fourth-order valence-corrected chi connectivity index (χ4v) is 3.81. The van der Waals surface area contributed by atoms with Gasteiger partial charge in [-0.25, -0.2) is 0 Å². The Hall–Kier alpha value is -1.14. The van der Waals surface area contributed by atoms with Crippen LogP contribution in [0.3, 0.4) is 0 Å². The monoisotopic (exact) mass is 356 g/mol. The molecule has 1 heterocycles. The Balaban J connectivity index is 2.83. The average Bonchev–Trinajstić information content (AvgIpc) is 3.08. The smallest absolute Gasteiger partial charge is 0.225 e. The van der Waals surface area contributed by atoms with Gasteiger partial charge >= 0.3 is 0 Å². The second-order valence-electron chi connectivity index (χ2n) is 7.41. The first-order chi connectivity index (χ1) is 11.8. The number of hydrogen-bond donors (Lipinski definition) is 1. The fourth-order valence-electron chi connectivity index (χ4n) is 3.81.